The molecule has 2 aromatic heterocycles. The normalized spacial score (nSPS) is 12.1. The van der Waals surface area contributed by atoms with Crippen molar-refractivity contribution in [2.45, 2.75) is 26.4 Å². The van der Waals surface area contributed by atoms with Crippen LogP contribution in [0, 0.1) is 12.7 Å². The molecule has 4 aromatic rings. The fourth-order valence-electron chi connectivity index (χ4n) is 3.62. The van der Waals surface area contributed by atoms with Gasteiger partial charge in [0.15, 0.2) is 0 Å². The van der Waals surface area contributed by atoms with Gasteiger partial charge in [0, 0.05) is 35.4 Å². The van der Waals surface area contributed by atoms with Gasteiger partial charge in [0.25, 0.3) is 0 Å². The molecule has 2 heterocycles. The summed E-state index contributed by atoms with van der Waals surface area (Å²) in [5, 5.41) is 3.88. The predicted molar refractivity (Wildman–Crippen MR) is 118 cm³/mol. The van der Waals surface area contributed by atoms with Crippen LogP contribution in [0.25, 0.3) is 16.9 Å². The van der Waals surface area contributed by atoms with Gasteiger partial charge in [-0.25, -0.2) is 9.37 Å². The topological polar surface area (TPSA) is 112 Å². The lowest BCUT2D eigenvalue weighted by atomic mass is 10.1. The van der Waals surface area contributed by atoms with Crippen LogP contribution in [-0.4, -0.2) is 20.4 Å². The van der Waals surface area contributed by atoms with Crippen molar-refractivity contribution in [1.29, 1.82) is 0 Å². The molecule has 0 aliphatic heterocycles. The third-order valence-electron chi connectivity index (χ3n) is 5.13. The first-order valence-electron chi connectivity index (χ1n) is 9.87. The van der Waals surface area contributed by atoms with E-state index in [1.165, 1.54) is 6.07 Å². The van der Waals surface area contributed by atoms with Crippen molar-refractivity contribution in [3.8, 4) is 5.95 Å². The number of hydrogen-bond donors (Lipinski definition) is 3. The lowest BCUT2D eigenvalue weighted by Crippen LogP contribution is -2.15. The standard InChI is InChI=1S/C23H23FN6O/c1-13-8-17-18(21(26)31)9-16(24)10-20(17)30(13)23-28-12-19(14(2)25)22(29-23)27-11-15-6-4-3-5-7-15/h3-10,12,14H,11,25H2,1-2H3,(H2,26,31)(H,27,28,29). The molecule has 0 saturated carbocycles. The van der Waals surface area contributed by atoms with Gasteiger partial charge in [0.1, 0.15) is 11.6 Å². The number of aromatic nitrogens is 3. The summed E-state index contributed by atoms with van der Waals surface area (Å²) in [5.41, 5.74) is 14.7. The number of benzene rings is 2. The van der Waals surface area contributed by atoms with Gasteiger partial charge in [0.05, 0.1) is 11.1 Å². The fourth-order valence-corrected chi connectivity index (χ4v) is 3.62. The highest BCUT2D eigenvalue weighted by atomic mass is 19.1. The number of amides is 1. The number of nitrogens with zero attached hydrogens (tertiary/aromatic N) is 3. The fraction of sp³-hybridized carbons (Fsp3) is 0.174. The van der Waals surface area contributed by atoms with Crippen molar-refractivity contribution in [3.63, 3.8) is 0 Å². The second-order valence-electron chi connectivity index (χ2n) is 7.47. The summed E-state index contributed by atoms with van der Waals surface area (Å²) < 4.78 is 15.9. The van der Waals surface area contributed by atoms with E-state index in [0.29, 0.717) is 29.2 Å². The van der Waals surface area contributed by atoms with E-state index >= 15 is 0 Å². The molecular formula is C23H23FN6O. The predicted octanol–water partition coefficient (Wildman–Crippen LogP) is 3.60. The molecule has 31 heavy (non-hydrogen) atoms. The number of aryl methyl sites for hydroxylation is 1. The van der Waals surface area contributed by atoms with Gasteiger partial charge < -0.3 is 16.8 Å². The van der Waals surface area contributed by atoms with Gasteiger partial charge in [-0.05, 0) is 37.6 Å². The van der Waals surface area contributed by atoms with Crippen molar-refractivity contribution < 1.29 is 9.18 Å². The lowest BCUT2D eigenvalue weighted by Gasteiger charge is -2.16. The Kier molecular flexibility index (Phi) is 5.39. The number of halogens is 1. The summed E-state index contributed by atoms with van der Waals surface area (Å²) in [6.07, 6.45) is 1.67. The molecule has 1 unspecified atom stereocenters. The Morgan fingerprint density at radius 1 is 1.23 bits per heavy atom. The van der Waals surface area contributed by atoms with Crippen LogP contribution in [0.5, 0.6) is 0 Å². The molecule has 1 atom stereocenters. The molecule has 158 valence electrons. The van der Waals surface area contributed by atoms with Gasteiger partial charge >= 0.3 is 0 Å². The Morgan fingerprint density at radius 2 is 1.97 bits per heavy atom. The van der Waals surface area contributed by atoms with Crippen molar-refractivity contribution in [2.75, 3.05) is 5.32 Å². The lowest BCUT2D eigenvalue weighted by molar-refractivity contribution is 0.100. The molecule has 0 bridgehead atoms. The van der Waals surface area contributed by atoms with Crippen LogP contribution < -0.4 is 16.8 Å². The smallest absolute Gasteiger partial charge is 0.249 e. The molecule has 8 heteroatoms. The van der Waals surface area contributed by atoms with Crippen LogP contribution in [0.1, 0.15) is 40.1 Å². The highest BCUT2D eigenvalue weighted by molar-refractivity contribution is 6.06. The van der Waals surface area contributed by atoms with E-state index in [9.17, 15) is 9.18 Å². The van der Waals surface area contributed by atoms with E-state index in [4.69, 9.17) is 11.5 Å². The van der Waals surface area contributed by atoms with Gasteiger partial charge in [-0.15, -0.1) is 0 Å². The third-order valence-corrected chi connectivity index (χ3v) is 5.13. The number of rotatable bonds is 6. The molecule has 0 spiro atoms. The Bertz CT molecular complexity index is 1270. The van der Waals surface area contributed by atoms with E-state index in [2.05, 4.69) is 15.3 Å². The number of primary amides is 1. The number of carbonyl (C=O) groups excluding carboxylic acids is 1. The minimum atomic E-state index is -0.694. The quantitative estimate of drug-likeness (QED) is 0.443. The van der Waals surface area contributed by atoms with Crippen LogP contribution in [0.15, 0.2) is 54.7 Å². The summed E-state index contributed by atoms with van der Waals surface area (Å²) >= 11 is 0. The number of hydrogen-bond acceptors (Lipinski definition) is 5. The summed E-state index contributed by atoms with van der Waals surface area (Å²) in [6.45, 7) is 4.25. The Hall–Kier alpha value is -3.78. The molecular weight excluding hydrogens is 395 g/mol. The van der Waals surface area contributed by atoms with Crippen LogP contribution in [0.2, 0.25) is 0 Å². The number of anilines is 1. The number of carbonyl (C=O) groups is 1. The van der Waals surface area contributed by atoms with Crippen molar-refractivity contribution >= 4 is 22.6 Å². The zero-order valence-electron chi connectivity index (χ0n) is 17.3. The van der Waals surface area contributed by atoms with Crippen molar-refractivity contribution in [2.24, 2.45) is 11.5 Å². The zero-order chi connectivity index (χ0) is 22.1. The molecule has 5 N–H and O–H groups in total. The van der Waals surface area contributed by atoms with Gasteiger partial charge in [-0.3, -0.25) is 9.36 Å². The second-order valence-corrected chi connectivity index (χ2v) is 7.47. The Morgan fingerprint density at radius 3 is 2.65 bits per heavy atom. The first-order valence-corrected chi connectivity index (χ1v) is 9.87. The molecule has 0 aliphatic carbocycles. The summed E-state index contributed by atoms with van der Waals surface area (Å²) in [6, 6.07) is 13.9. The zero-order valence-corrected chi connectivity index (χ0v) is 17.3. The summed E-state index contributed by atoms with van der Waals surface area (Å²) in [5.74, 6) is -0.319. The highest BCUT2D eigenvalue weighted by Crippen LogP contribution is 2.28. The van der Waals surface area contributed by atoms with E-state index in [-0.39, 0.29) is 11.6 Å². The van der Waals surface area contributed by atoms with E-state index in [1.807, 2.05) is 44.2 Å². The first-order chi connectivity index (χ1) is 14.8. The minimum Gasteiger partial charge on any atom is -0.366 e. The van der Waals surface area contributed by atoms with Crippen molar-refractivity contribution in [1.82, 2.24) is 14.5 Å². The molecule has 1 amide bonds. The molecule has 0 aliphatic rings. The van der Waals surface area contributed by atoms with Crippen LogP contribution >= 0.6 is 0 Å². The summed E-state index contributed by atoms with van der Waals surface area (Å²) in [4.78, 5) is 21.0. The van der Waals surface area contributed by atoms with Gasteiger partial charge in [-0.1, -0.05) is 30.3 Å². The van der Waals surface area contributed by atoms with E-state index < -0.39 is 11.7 Å². The first kappa shape index (κ1) is 20.5. The average Bonchev–Trinajstić information content (AvgIpc) is 3.07. The molecule has 7 nitrogen and oxygen atoms in total. The van der Waals surface area contributed by atoms with E-state index in [0.717, 1.165) is 22.9 Å². The van der Waals surface area contributed by atoms with Crippen molar-refractivity contribution in [3.05, 3.63) is 82.9 Å². The molecule has 4 rings (SSSR count). The molecule has 0 radical (unpaired) electrons. The maximum absolute atomic E-state index is 14.2. The third kappa shape index (κ3) is 3.97. The molecule has 0 fully saturated rings. The maximum atomic E-state index is 14.2. The number of fused-ring (bicyclic) bond motifs is 1. The van der Waals surface area contributed by atoms with Crippen LogP contribution in [0.4, 0.5) is 10.2 Å². The SMILES string of the molecule is Cc1cc2c(C(N)=O)cc(F)cc2n1-c1ncc(C(C)N)c(NCc2ccccc2)n1. The maximum Gasteiger partial charge on any atom is 0.249 e. The van der Waals surface area contributed by atoms with Gasteiger partial charge in [0.2, 0.25) is 11.9 Å². The number of nitrogens with two attached hydrogens (primary N) is 2. The average molecular weight is 418 g/mol. The van der Waals surface area contributed by atoms with Crippen LogP contribution in [-0.2, 0) is 6.54 Å². The van der Waals surface area contributed by atoms with Crippen LogP contribution in [0.3, 0.4) is 0 Å². The Labute approximate surface area is 178 Å². The molecule has 2 aromatic carbocycles. The van der Waals surface area contributed by atoms with Gasteiger partial charge in [-0.2, -0.15) is 4.98 Å². The molecule has 0 saturated heterocycles. The number of nitrogens with one attached hydrogen (secondary N) is 1. The summed E-state index contributed by atoms with van der Waals surface area (Å²) in [7, 11) is 0. The second kappa shape index (κ2) is 8.16. The highest BCUT2D eigenvalue weighted by Gasteiger charge is 2.19. The Balaban J connectivity index is 1.82. The van der Waals surface area contributed by atoms with E-state index in [1.54, 1.807) is 16.8 Å². The largest absolute Gasteiger partial charge is 0.366 e. The minimum absolute atomic E-state index is 0.117. The monoisotopic (exact) mass is 418 g/mol.